The lowest BCUT2D eigenvalue weighted by molar-refractivity contribution is 0.336. The average Bonchev–Trinajstić information content (AvgIpc) is 2.94. The van der Waals surface area contributed by atoms with Gasteiger partial charge in [-0.2, -0.15) is 4.31 Å². The molecule has 2 N–H and O–H groups in total. The summed E-state index contributed by atoms with van der Waals surface area (Å²) in [5.41, 5.74) is 6.38. The van der Waals surface area contributed by atoms with Gasteiger partial charge in [0.2, 0.25) is 10.0 Å². The molecule has 2 rings (SSSR count). The molecule has 0 radical (unpaired) electrons. The predicted octanol–water partition coefficient (Wildman–Crippen LogP) is 1.33. The number of sulfonamides is 1. The van der Waals surface area contributed by atoms with E-state index >= 15 is 0 Å². The van der Waals surface area contributed by atoms with Gasteiger partial charge in [0.25, 0.3) is 0 Å². The smallest absolute Gasteiger partial charge is 0.243 e. The van der Waals surface area contributed by atoms with Crippen LogP contribution in [0.3, 0.4) is 0 Å². The van der Waals surface area contributed by atoms with Gasteiger partial charge in [-0.1, -0.05) is 0 Å². The molecule has 0 amide bonds. The third-order valence-electron chi connectivity index (χ3n) is 3.25. The SMILES string of the molecule is CCOc1ccc(S(=O)(=O)N2CCCC2)cc1CN. The van der Waals surface area contributed by atoms with Crippen LogP contribution in [-0.4, -0.2) is 32.4 Å². The van der Waals surface area contributed by atoms with Crippen LogP contribution in [0, 0.1) is 0 Å². The second kappa shape index (κ2) is 5.90. The summed E-state index contributed by atoms with van der Waals surface area (Å²) in [4.78, 5) is 0.304. The van der Waals surface area contributed by atoms with Crippen molar-refractivity contribution in [3.05, 3.63) is 23.8 Å². The van der Waals surface area contributed by atoms with E-state index in [9.17, 15) is 8.42 Å². The lowest BCUT2D eigenvalue weighted by atomic mass is 10.2. The molecule has 1 fully saturated rings. The van der Waals surface area contributed by atoms with Crippen molar-refractivity contribution in [2.75, 3.05) is 19.7 Å². The van der Waals surface area contributed by atoms with Crippen molar-refractivity contribution >= 4 is 10.0 Å². The Morgan fingerprint density at radius 2 is 2.00 bits per heavy atom. The Bertz CT molecular complexity index is 537. The number of rotatable bonds is 5. The Kier molecular flexibility index (Phi) is 4.44. The third kappa shape index (κ3) is 2.91. The number of nitrogens with zero attached hydrogens (tertiary/aromatic N) is 1. The normalized spacial score (nSPS) is 16.7. The maximum atomic E-state index is 12.4. The zero-order chi connectivity index (χ0) is 13.9. The van der Waals surface area contributed by atoms with Gasteiger partial charge >= 0.3 is 0 Å². The minimum absolute atomic E-state index is 0.263. The Balaban J connectivity index is 2.34. The van der Waals surface area contributed by atoms with Gasteiger partial charge in [0.05, 0.1) is 11.5 Å². The molecule has 0 bridgehead atoms. The molecule has 1 saturated heterocycles. The number of nitrogens with two attached hydrogens (primary N) is 1. The van der Waals surface area contributed by atoms with Crippen LogP contribution in [-0.2, 0) is 16.6 Å². The maximum Gasteiger partial charge on any atom is 0.243 e. The van der Waals surface area contributed by atoms with Crippen LogP contribution >= 0.6 is 0 Å². The van der Waals surface area contributed by atoms with Gasteiger partial charge in [-0.05, 0) is 38.0 Å². The Hall–Kier alpha value is -1.11. The van der Waals surface area contributed by atoms with E-state index in [2.05, 4.69) is 0 Å². The van der Waals surface area contributed by atoms with Crippen LogP contribution in [0.2, 0.25) is 0 Å². The Morgan fingerprint density at radius 1 is 1.32 bits per heavy atom. The largest absolute Gasteiger partial charge is 0.494 e. The zero-order valence-corrected chi connectivity index (χ0v) is 11.9. The quantitative estimate of drug-likeness (QED) is 0.885. The highest BCUT2D eigenvalue weighted by Gasteiger charge is 2.27. The Morgan fingerprint density at radius 3 is 2.58 bits per heavy atom. The van der Waals surface area contributed by atoms with Gasteiger partial charge in [0.15, 0.2) is 0 Å². The molecular weight excluding hydrogens is 264 g/mol. The molecule has 0 aliphatic carbocycles. The molecule has 1 aliphatic heterocycles. The molecule has 6 heteroatoms. The topological polar surface area (TPSA) is 72.6 Å². The van der Waals surface area contributed by atoms with E-state index < -0.39 is 10.0 Å². The first kappa shape index (κ1) is 14.3. The average molecular weight is 284 g/mol. The minimum Gasteiger partial charge on any atom is -0.494 e. The van der Waals surface area contributed by atoms with Gasteiger partial charge in [-0.25, -0.2) is 8.42 Å². The van der Waals surface area contributed by atoms with Crippen molar-refractivity contribution in [3.8, 4) is 5.75 Å². The van der Waals surface area contributed by atoms with E-state index in [1.54, 1.807) is 18.2 Å². The van der Waals surface area contributed by atoms with Gasteiger partial charge < -0.3 is 10.5 Å². The van der Waals surface area contributed by atoms with Gasteiger partial charge in [-0.15, -0.1) is 0 Å². The van der Waals surface area contributed by atoms with Gasteiger partial charge in [-0.3, -0.25) is 0 Å². The summed E-state index contributed by atoms with van der Waals surface area (Å²) in [6.07, 6.45) is 1.86. The monoisotopic (exact) mass is 284 g/mol. The van der Waals surface area contributed by atoms with E-state index in [-0.39, 0.29) is 6.54 Å². The molecule has 0 atom stereocenters. The Labute approximate surface area is 114 Å². The molecule has 19 heavy (non-hydrogen) atoms. The highest BCUT2D eigenvalue weighted by atomic mass is 32.2. The molecule has 1 aliphatic rings. The van der Waals surface area contributed by atoms with Crippen LogP contribution in [0.1, 0.15) is 25.3 Å². The fourth-order valence-electron chi connectivity index (χ4n) is 2.25. The van der Waals surface area contributed by atoms with E-state index in [0.29, 0.717) is 30.3 Å². The van der Waals surface area contributed by atoms with E-state index in [1.807, 2.05) is 6.92 Å². The molecule has 5 nitrogen and oxygen atoms in total. The molecule has 0 aromatic heterocycles. The number of hydrogen-bond acceptors (Lipinski definition) is 4. The summed E-state index contributed by atoms with van der Waals surface area (Å²) in [5.74, 6) is 0.658. The molecular formula is C13H20N2O3S. The van der Waals surface area contributed by atoms with Crippen LogP contribution in [0.5, 0.6) is 5.75 Å². The van der Waals surface area contributed by atoms with Crippen molar-refractivity contribution in [3.63, 3.8) is 0 Å². The highest BCUT2D eigenvalue weighted by molar-refractivity contribution is 7.89. The van der Waals surface area contributed by atoms with Crippen LogP contribution in [0.25, 0.3) is 0 Å². The third-order valence-corrected chi connectivity index (χ3v) is 5.15. The molecule has 106 valence electrons. The molecule has 1 aromatic carbocycles. The van der Waals surface area contributed by atoms with Crippen LogP contribution in [0.4, 0.5) is 0 Å². The summed E-state index contributed by atoms with van der Waals surface area (Å²) in [7, 11) is -3.38. The van der Waals surface area contributed by atoms with E-state index in [4.69, 9.17) is 10.5 Å². The summed E-state index contributed by atoms with van der Waals surface area (Å²) < 4.78 is 31.8. The number of benzene rings is 1. The van der Waals surface area contributed by atoms with E-state index in [0.717, 1.165) is 18.4 Å². The lowest BCUT2D eigenvalue weighted by Crippen LogP contribution is -2.28. The standard InChI is InChI=1S/C13H20N2O3S/c1-2-18-13-6-5-12(9-11(13)10-14)19(16,17)15-7-3-4-8-15/h5-6,9H,2-4,7-8,10,14H2,1H3. The lowest BCUT2D eigenvalue weighted by Gasteiger charge is -2.17. The van der Waals surface area contributed by atoms with Crippen molar-refractivity contribution < 1.29 is 13.2 Å². The first-order valence-electron chi connectivity index (χ1n) is 6.55. The van der Waals surface area contributed by atoms with Crippen molar-refractivity contribution in [1.29, 1.82) is 0 Å². The summed E-state index contributed by atoms with van der Waals surface area (Å²) >= 11 is 0. The van der Waals surface area contributed by atoms with Crippen molar-refractivity contribution in [1.82, 2.24) is 4.31 Å². The zero-order valence-electron chi connectivity index (χ0n) is 11.1. The van der Waals surface area contributed by atoms with E-state index in [1.165, 1.54) is 4.31 Å². The molecule has 0 spiro atoms. The second-order valence-electron chi connectivity index (χ2n) is 4.52. The highest BCUT2D eigenvalue weighted by Crippen LogP contribution is 2.26. The van der Waals surface area contributed by atoms with Crippen molar-refractivity contribution in [2.24, 2.45) is 5.73 Å². The second-order valence-corrected chi connectivity index (χ2v) is 6.46. The van der Waals surface area contributed by atoms with Crippen LogP contribution in [0.15, 0.2) is 23.1 Å². The summed E-state index contributed by atoms with van der Waals surface area (Å²) in [5, 5.41) is 0. The van der Waals surface area contributed by atoms with Crippen molar-refractivity contribution in [2.45, 2.75) is 31.2 Å². The number of hydrogen-bond donors (Lipinski definition) is 1. The first-order chi connectivity index (χ1) is 9.09. The molecule has 1 aromatic rings. The fourth-order valence-corrected chi connectivity index (χ4v) is 3.82. The molecule has 1 heterocycles. The predicted molar refractivity (Wildman–Crippen MR) is 73.5 cm³/mol. The molecule has 0 unspecified atom stereocenters. The summed E-state index contributed by atoms with van der Waals surface area (Å²) in [6, 6.07) is 4.91. The van der Waals surface area contributed by atoms with Gasteiger partial charge in [0, 0.05) is 25.2 Å². The van der Waals surface area contributed by atoms with Gasteiger partial charge in [0.1, 0.15) is 5.75 Å². The minimum atomic E-state index is -3.38. The molecule has 0 saturated carbocycles. The maximum absolute atomic E-state index is 12.4. The fraction of sp³-hybridized carbons (Fsp3) is 0.538. The number of ether oxygens (including phenoxy) is 1. The first-order valence-corrected chi connectivity index (χ1v) is 7.99. The summed E-state index contributed by atoms with van der Waals surface area (Å²) in [6.45, 7) is 3.89. The van der Waals surface area contributed by atoms with Crippen LogP contribution < -0.4 is 10.5 Å².